The maximum absolute atomic E-state index is 11.5. The van der Waals surface area contributed by atoms with Crippen molar-refractivity contribution in [1.29, 1.82) is 0 Å². The number of ether oxygens (including phenoxy) is 2. The predicted molar refractivity (Wildman–Crippen MR) is 68.4 cm³/mol. The molecule has 7 heteroatoms. The third-order valence-electron chi connectivity index (χ3n) is 2.44. The monoisotopic (exact) mass is 269 g/mol. The lowest BCUT2D eigenvalue weighted by molar-refractivity contribution is 0.0524. The van der Waals surface area contributed by atoms with E-state index >= 15 is 0 Å². The fourth-order valence-corrected chi connectivity index (χ4v) is 2.41. The first-order valence-corrected chi connectivity index (χ1v) is 6.86. The van der Waals surface area contributed by atoms with Gasteiger partial charge in [0.25, 0.3) is 0 Å². The summed E-state index contributed by atoms with van der Waals surface area (Å²) in [5, 5.41) is 0. The molecule has 1 saturated heterocycles. The average Bonchev–Trinajstić information content (AvgIpc) is 2.40. The highest BCUT2D eigenvalue weighted by Gasteiger charge is 2.21. The van der Waals surface area contributed by atoms with Crippen LogP contribution in [0.1, 0.15) is 29.2 Å². The number of nitrogen functional groups attached to an aromatic ring is 1. The molecule has 6 nitrogen and oxygen atoms in total. The Morgan fingerprint density at radius 3 is 3.17 bits per heavy atom. The van der Waals surface area contributed by atoms with Gasteiger partial charge in [0.15, 0.2) is 5.82 Å². The molecule has 1 unspecified atom stereocenters. The summed E-state index contributed by atoms with van der Waals surface area (Å²) in [6, 6.07) is 0. The third kappa shape index (κ3) is 2.91. The zero-order valence-corrected chi connectivity index (χ0v) is 10.9. The normalized spacial score (nSPS) is 19.5. The summed E-state index contributed by atoms with van der Waals surface area (Å²) in [5.74, 6) is 1.94. The van der Waals surface area contributed by atoms with Crippen LogP contribution in [0.3, 0.4) is 0 Å². The minimum Gasteiger partial charge on any atom is -0.462 e. The van der Waals surface area contributed by atoms with Crippen LogP contribution in [0.2, 0.25) is 0 Å². The minimum absolute atomic E-state index is 0.137. The standard InChI is InChI=1S/C11H15N3O3S/c1-2-16-11(15)7-5-13-10(14-9(7)12)8-6-18-4-3-17-8/h5,8H,2-4,6H2,1H3,(H2,12,13,14). The van der Waals surface area contributed by atoms with Crippen molar-refractivity contribution in [2.75, 3.05) is 30.5 Å². The van der Waals surface area contributed by atoms with Crippen LogP contribution >= 0.6 is 11.8 Å². The quantitative estimate of drug-likeness (QED) is 0.820. The summed E-state index contributed by atoms with van der Waals surface area (Å²) >= 11 is 1.78. The van der Waals surface area contributed by atoms with Crippen LogP contribution < -0.4 is 5.73 Å². The van der Waals surface area contributed by atoms with Gasteiger partial charge in [-0.1, -0.05) is 0 Å². The van der Waals surface area contributed by atoms with Gasteiger partial charge >= 0.3 is 5.97 Å². The highest BCUT2D eigenvalue weighted by molar-refractivity contribution is 7.99. The van der Waals surface area contributed by atoms with Crippen molar-refractivity contribution in [3.63, 3.8) is 0 Å². The van der Waals surface area contributed by atoms with Gasteiger partial charge < -0.3 is 15.2 Å². The molecule has 1 atom stereocenters. The zero-order chi connectivity index (χ0) is 13.0. The number of thioether (sulfide) groups is 1. The Balaban J connectivity index is 2.16. The second kappa shape index (κ2) is 6.01. The van der Waals surface area contributed by atoms with E-state index in [9.17, 15) is 4.79 Å². The van der Waals surface area contributed by atoms with Gasteiger partial charge in [0.2, 0.25) is 0 Å². The number of hydrogen-bond acceptors (Lipinski definition) is 7. The molecule has 98 valence electrons. The summed E-state index contributed by atoms with van der Waals surface area (Å²) in [6.07, 6.45) is 1.25. The molecule has 0 saturated carbocycles. The average molecular weight is 269 g/mol. The molecule has 1 aromatic heterocycles. The van der Waals surface area contributed by atoms with E-state index < -0.39 is 5.97 Å². The van der Waals surface area contributed by atoms with E-state index in [4.69, 9.17) is 15.2 Å². The Hall–Kier alpha value is -1.34. The van der Waals surface area contributed by atoms with E-state index in [2.05, 4.69) is 9.97 Å². The molecule has 0 aliphatic carbocycles. The van der Waals surface area contributed by atoms with E-state index in [-0.39, 0.29) is 17.5 Å². The summed E-state index contributed by atoms with van der Waals surface area (Å²) < 4.78 is 10.4. The van der Waals surface area contributed by atoms with Crippen molar-refractivity contribution in [1.82, 2.24) is 9.97 Å². The summed E-state index contributed by atoms with van der Waals surface area (Å²) in [5.41, 5.74) is 5.94. The number of nitrogens with zero attached hydrogens (tertiary/aromatic N) is 2. The Kier molecular flexibility index (Phi) is 4.38. The molecule has 0 amide bonds. The van der Waals surface area contributed by atoms with Crippen molar-refractivity contribution in [3.05, 3.63) is 17.6 Å². The molecule has 1 aliphatic heterocycles. The van der Waals surface area contributed by atoms with E-state index in [1.165, 1.54) is 6.20 Å². The summed E-state index contributed by atoms with van der Waals surface area (Å²) in [7, 11) is 0. The molecule has 18 heavy (non-hydrogen) atoms. The summed E-state index contributed by atoms with van der Waals surface area (Å²) in [4.78, 5) is 19.8. The van der Waals surface area contributed by atoms with Crippen LogP contribution in [0.15, 0.2) is 6.20 Å². The fourth-order valence-electron chi connectivity index (χ4n) is 1.57. The van der Waals surface area contributed by atoms with Gasteiger partial charge in [-0.25, -0.2) is 14.8 Å². The van der Waals surface area contributed by atoms with Crippen LogP contribution in [-0.4, -0.2) is 40.7 Å². The van der Waals surface area contributed by atoms with Gasteiger partial charge in [0, 0.05) is 17.7 Å². The van der Waals surface area contributed by atoms with Crippen LogP contribution in [0.25, 0.3) is 0 Å². The fraction of sp³-hybridized carbons (Fsp3) is 0.545. The van der Waals surface area contributed by atoms with Gasteiger partial charge in [-0.2, -0.15) is 11.8 Å². The molecule has 1 aromatic rings. The third-order valence-corrected chi connectivity index (χ3v) is 3.43. The van der Waals surface area contributed by atoms with Gasteiger partial charge in [-0.05, 0) is 6.92 Å². The SMILES string of the molecule is CCOC(=O)c1cnc(C2CSCCO2)nc1N. The summed E-state index contributed by atoms with van der Waals surface area (Å²) in [6.45, 7) is 2.71. The lowest BCUT2D eigenvalue weighted by atomic mass is 10.3. The second-order valence-electron chi connectivity index (χ2n) is 3.68. The molecule has 1 fully saturated rings. The molecular weight excluding hydrogens is 254 g/mol. The van der Waals surface area contributed by atoms with Gasteiger partial charge in [-0.3, -0.25) is 0 Å². The lowest BCUT2D eigenvalue weighted by Crippen LogP contribution is -2.20. The number of anilines is 1. The molecular formula is C11H15N3O3S. The first-order chi connectivity index (χ1) is 8.72. The van der Waals surface area contributed by atoms with E-state index in [1.54, 1.807) is 18.7 Å². The first kappa shape index (κ1) is 13.1. The first-order valence-electron chi connectivity index (χ1n) is 5.71. The van der Waals surface area contributed by atoms with Crippen LogP contribution in [0, 0.1) is 0 Å². The van der Waals surface area contributed by atoms with Crippen molar-refractivity contribution >= 4 is 23.5 Å². The molecule has 0 spiro atoms. The highest BCUT2D eigenvalue weighted by atomic mass is 32.2. The van der Waals surface area contributed by atoms with Crippen molar-refractivity contribution in [2.24, 2.45) is 0 Å². The zero-order valence-electron chi connectivity index (χ0n) is 10.1. The van der Waals surface area contributed by atoms with Crippen LogP contribution in [-0.2, 0) is 9.47 Å². The molecule has 2 rings (SSSR count). The maximum atomic E-state index is 11.5. The maximum Gasteiger partial charge on any atom is 0.343 e. The second-order valence-corrected chi connectivity index (χ2v) is 4.83. The highest BCUT2D eigenvalue weighted by Crippen LogP contribution is 2.25. The van der Waals surface area contributed by atoms with Crippen LogP contribution in [0.5, 0.6) is 0 Å². The number of hydrogen-bond donors (Lipinski definition) is 1. The number of aromatic nitrogens is 2. The minimum atomic E-state index is -0.500. The van der Waals surface area contributed by atoms with E-state index in [0.29, 0.717) is 19.0 Å². The number of nitrogens with two attached hydrogens (primary N) is 1. The molecule has 2 N–H and O–H groups in total. The van der Waals surface area contributed by atoms with Crippen LogP contribution in [0.4, 0.5) is 5.82 Å². The van der Waals surface area contributed by atoms with E-state index in [1.807, 2.05) is 0 Å². The lowest BCUT2D eigenvalue weighted by Gasteiger charge is -2.21. The number of rotatable bonds is 3. The van der Waals surface area contributed by atoms with Gasteiger partial charge in [-0.15, -0.1) is 0 Å². The van der Waals surface area contributed by atoms with E-state index in [0.717, 1.165) is 11.5 Å². The number of carbonyl (C=O) groups is 1. The Bertz CT molecular complexity index is 436. The van der Waals surface area contributed by atoms with Crippen molar-refractivity contribution < 1.29 is 14.3 Å². The number of esters is 1. The van der Waals surface area contributed by atoms with Gasteiger partial charge in [0.1, 0.15) is 17.5 Å². The number of carbonyl (C=O) groups excluding carboxylic acids is 1. The predicted octanol–water partition coefficient (Wildman–Crippen LogP) is 1.04. The molecule has 0 radical (unpaired) electrons. The molecule has 0 bridgehead atoms. The Morgan fingerprint density at radius 1 is 1.72 bits per heavy atom. The largest absolute Gasteiger partial charge is 0.462 e. The van der Waals surface area contributed by atoms with Crippen molar-refractivity contribution in [3.8, 4) is 0 Å². The molecule has 1 aliphatic rings. The van der Waals surface area contributed by atoms with Crippen molar-refractivity contribution in [2.45, 2.75) is 13.0 Å². The topological polar surface area (TPSA) is 87.3 Å². The smallest absolute Gasteiger partial charge is 0.343 e. The van der Waals surface area contributed by atoms with Gasteiger partial charge in [0.05, 0.1) is 13.2 Å². The Labute approximate surface area is 109 Å². The molecule has 0 aromatic carbocycles. The Morgan fingerprint density at radius 2 is 2.56 bits per heavy atom. The molecule has 2 heterocycles.